The molecule has 3 nitrogen and oxygen atoms in total. The van der Waals surface area contributed by atoms with Gasteiger partial charge in [-0.15, -0.1) is 0 Å². The van der Waals surface area contributed by atoms with Crippen molar-refractivity contribution in [1.82, 2.24) is 5.32 Å². The molecule has 0 aliphatic rings. The van der Waals surface area contributed by atoms with Gasteiger partial charge in [0.15, 0.2) is 5.78 Å². The number of benzene rings is 2. The number of hydrogen-bond acceptors (Lipinski definition) is 3. The van der Waals surface area contributed by atoms with Crippen LogP contribution in [0.3, 0.4) is 0 Å². The zero-order valence-electron chi connectivity index (χ0n) is 12.5. The van der Waals surface area contributed by atoms with E-state index >= 15 is 0 Å². The largest absolute Gasteiger partial charge is 0.387 e. The number of carbonyl (C=O) groups is 1. The first-order valence-corrected chi connectivity index (χ1v) is 8.12. The summed E-state index contributed by atoms with van der Waals surface area (Å²) in [6.07, 6.45) is -0.169. The van der Waals surface area contributed by atoms with Crippen LogP contribution in [0.15, 0.2) is 59.1 Å². The van der Waals surface area contributed by atoms with Crippen molar-refractivity contribution in [3.8, 4) is 0 Å². The number of nitrogens with one attached hydrogen (secondary N) is 1. The van der Waals surface area contributed by atoms with E-state index in [0.717, 1.165) is 10.0 Å². The molecule has 0 spiro atoms. The minimum Gasteiger partial charge on any atom is -0.387 e. The maximum atomic E-state index is 12.1. The Labute approximate surface area is 139 Å². The lowest BCUT2D eigenvalue weighted by Gasteiger charge is -2.20. The molecule has 0 heterocycles. The Morgan fingerprint density at radius 1 is 1.14 bits per heavy atom. The quantitative estimate of drug-likeness (QED) is 0.738. The molecule has 0 aliphatic heterocycles. The molecule has 2 aromatic rings. The van der Waals surface area contributed by atoms with Crippen molar-refractivity contribution in [3.63, 3.8) is 0 Å². The third-order valence-electron chi connectivity index (χ3n) is 3.60. The lowest BCUT2D eigenvalue weighted by Crippen LogP contribution is -2.33. The number of hydrogen-bond donors (Lipinski definition) is 2. The highest BCUT2D eigenvalue weighted by Crippen LogP contribution is 2.16. The summed E-state index contributed by atoms with van der Waals surface area (Å²) in [5.41, 5.74) is 1.59. The van der Waals surface area contributed by atoms with E-state index in [9.17, 15) is 9.90 Å². The summed E-state index contributed by atoms with van der Waals surface area (Å²) in [6, 6.07) is 16.8. The molecule has 0 fully saturated rings. The van der Waals surface area contributed by atoms with Crippen molar-refractivity contribution >= 4 is 21.7 Å². The Kier molecular flexibility index (Phi) is 6.31. The van der Waals surface area contributed by atoms with Gasteiger partial charge in [0, 0.05) is 29.0 Å². The van der Waals surface area contributed by atoms with E-state index in [0.29, 0.717) is 18.5 Å². The molecule has 0 aromatic heterocycles. The molecule has 2 atom stereocenters. The Morgan fingerprint density at radius 2 is 1.77 bits per heavy atom. The van der Waals surface area contributed by atoms with Gasteiger partial charge in [-0.25, -0.2) is 0 Å². The normalized spacial score (nSPS) is 13.6. The van der Waals surface area contributed by atoms with E-state index in [2.05, 4.69) is 21.2 Å². The predicted octanol–water partition coefficient (Wildman–Crippen LogP) is 3.73. The molecule has 0 amide bonds. The van der Waals surface area contributed by atoms with Crippen molar-refractivity contribution in [3.05, 3.63) is 70.2 Å². The van der Waals surface area contributed by atoms with Crippen LogP contribution in [0, 0.1) is 0 Å². The summed E-state index contributed by atoms with van der Waals surface area (Å²) in [5, 5.41) is 13.5. The average molecular weight is 362 g/mol. The van der Waals surface area contributed by atoms with Gasteiger partial charge in [0.25, 0.3) is 0 Å². The highest BCUT2D eigenvalue weighted by molar-refractivity contribution is 9.10. The van der Waals surface area contributed by atoms with Crippen LogP contribution in [0.1, 0.15) is 35.4 Å². The van der Waals surface area contributed by atoms with Gasteiger partial charge >= 0.3 is 0 Å². The number of Topliss-reactive ketones (excluding diaryl/α,β-unsaturated/α-hetero) is 1. The fourth-order valence-electron chi connectivity index (χ4n) is 2.24. The van der Waals surface area contributed by atoms with Crippen molar-refractivity contribution in [2.45, 2.75) is 25.5 Å². The van der Waals surface area contributed by atoms with Crippen molar-refractivity contribution < 1.29 is 9.90 Å². The molecule has 4 heteroatoms. The van der Waals surface area contributed by atoms with Gasteiger partial charge in [-0.1, -0.05) is 58.4 Å². The highest BCUT2D eigenvalue weighted by atomic mass is 79.9. The van der Waals surface area contributed by atoms with Gasteiger partial charge in [-0.05, 0) is 24.6 Å². The van der Waals surface area contributed by atoms with Crippen LogP contribution < -0.4 is 5.32 Å². The summed E-state index contributed by atoms with van der Waals surface area (Å²) in [5.74, 6) is 0.0985. The predicted molar refractivity (Wildman–Crippen MR) is 92.0 cm³/mol. The molecule has 2 aromatic carbocycles. The van der Waals surface area contributed by atoms with Crippen molar-refractivity contribution in [2.75, 3.05) is 6.54 Å². The van der Waals surface area contributed by atoms with Crippen LogP contribution >= 0.6 is 15.9 Å². The summed E-state index contributed by atoms with van der Waals surface area (Å²) < 4.78 is 0.960. The first kappa shape index (κ1) is 16.9. The molecule has 2 rings (SSSR count). The van der Waals surface area contributed by atoms with Gasteiger partial charge in [0.05, 0.1) is 6.10 Å². The molecule has 0 aliphatic carbocycles. The SMILES string of the molecule is CC(NCCC(=O)c1ccc(Br)cc1)C(O)c1ccccc1. The summed E-state index contributed by atoms with van der Waals surface area (Å²) in [6.45, 7) is 2.46. The van der Waals surface area contributed by atoms with Crippen LogP contribution in [0.25, 0.3) is 0 Å². The molecule has 116 valence electrons. The maximum Gasteiger partial charge on any atom is 0.164 e. The topological polar surface area (TPSA) is 49.3 Å². The minimum atomic E-state index is -0.580. The van der Waals surface area contributed by atoms with E-state index in [1.165, 1.54) is 0 Å². The Bertz CT molecular complexity index is 598. The zero-order chi connectivity index (χ0) is 15.9. The van der Waals surface area contributed by atoms with Crippen LogP contribution in [0.4, 0.5) is 0 Å². The lowest BCUT2D eigenvalue weighted by molar-refractivity contribution is 0.0972. The van der Waals surface area contributed by atoms with E-state index in [1.807, 2.05) is 61.5 Å². The minimum absolute atomic E-state index is 0.0985. The summed E-state index contributed by atoms with van der Waals surface area (Å²) >= 11 is 3.35. The Morgan fingerprint density at radius 3 is 2.41 bits per heavy atom. The molecule has 22 heavy (non-hydrogen) atoms. The van der Waals surface area contributed by atoms with Crippen molar-refractivity contribution in [1.29, 1.82) is 0 Å². The van der Waals surface area contributed by atoms with Crippen LogP contribution in [0.2, 0.25) is 0 Å². The number of rotatable bonds is 7. The molecule has 2 unspecified atom stereocenters. The molecule has 2 N–H and O–H groups in total. The van der Waals surface area contributed by atoms with Gasteiger partial charge < -0.3 is 10.4 Å². The van der Waals surface area contributed by atoms with E-state index in [1.54, 1.807) is 0 Å². The summed E-state index contributed by atoms with van der Waals surface area (Å²) in [7, 11) is 0. The average Bonchev–Trinajstić information content (AvgIpc) is 2.55. The molecule has 0 saturated heterocycles. The van der Waals surface area contributed by atoms with Gasteiger partial charge in [0.1, 0.15) is 0 Å². The Balaban J connectivity index is 1.80. The maximum absolute atomic E-state index is 12.1. The number of aliphatic hydroxyl groups is 1. The van der Waals surface area contributed by atoms with Crippen LogP contribution in [0.5, 0.6) is 0 Å². The van der Waals surface area contributed by atoms with E-state index in [4.69, 9.17) is 0 Å². The zero-order valence-corrected chi connectivity index (χ0v) is 14.1. The second-order valence-corrected chi connectivity index (χ2v) is 6.19. The first-order valence-electron chi connectivity index (χ1n) is 7.33. The second-order valence-electron chi connectivity index (χ2n) is 5.28. The number of halogens is 1. The van der Waals surface area contributed by atoms with Crippen molar-refractivity contribution in [2.24, 2.45) is 0 Å². The van der Waals surface area contributed by atoms with Gasteiger partial charge in [-0.2, -0.15) is 0 Å². The standard InChI is InChI=1S/C18H20BrNO2/c1-13(18(22)15-5-3-2-4-6-15)20-12-11-17(21)14-7-9-16(19)10-8-14/h2-10,13,18,20,22H,11-12H2,1H3. The Hall–Kier alpha value is -1.49. The van der Waals surface area contributed by atoms with E-state index < -0.39 is 6.10 Å². The highest BCUT2D eigenvalue weighted by Gasteiger charge is 2.15. The molecule has 0 radical (unpaired) electrons. The molecular formula is C18H20BrNO2. The monoisotopic (exact) mass is 361 g/mol. The van der Waals surface area contributed by atoms with Gasteiger partial charge in [-0.3, -0.25) is 4.79 Å². The fraction of sp³-hybridized carbons (Fsp3) is 0.278. The fourth-order valence-corrected chi connectivity index (χ4v) is 2.51. The third-order valence-corrected chi connectivity index (χ3v) is 4.13. The molecular weight excluding hydrogens is 342 g/mol. The lowest BCUT2D eigenvalue weighted by atomic mass is 10.0. The number of carbonyl (C=O) groups excluding carboxylic acids is 1. The van der Waals surface area contributed by atoms with Gasteiger partial charge in [0.2, 0.25) is 0 Å². The number of ketones is 1. The van der Waals surface area contributed by atoms with Crippen LogP contribution in [-0.2, 0) is 0 Å². The molecule has 0 bridgehead atoms. The first-order chi connectivity index (χ1) is 10.6. The van der Waals surface area contributed by atoms with Crippen LogP contribution in [-0.4, -0.2) is 23.5 Å². The second kappa shape index (κ2) is 8.22. The summed E-state index contributed by atoms with van der Waals surface area (Å²) in [4.78, 5) is 12.1. The molecule has 0 saturated carbocycles. The van der Waals surface area contributed by atoms with E-state index in [-0.39, 0.29) is 11.8 Å². The number of aliphatic hydroxyl groups excluding tert-OH is 1. The smallest absolute Gasteiger partial charge is 0.164 e. The third kappa shape index (κ3) is 4.77.